The molecule has 1 unspecified atom stereocenters. The fourth-order valence-corrected chi connectivity index (χ4v) is 3.63. The molecule has 1 aromatic rings. The zero-order valence-corrected chi connectivity index (χ0v) is 11.7. The minimum Gasteiger partial charge on any atom is -0.388 e. The first-order chi connectivity index (χ1) is 7.91. The van der Waals surface area contributed by atoms with E-state index in [1.54, 1.807) is 6.92 Å². The van der Waals surface area contributed by atoms with Crippen LogP contribution in [0.1, 0.15) is 17.9 Å². The molecule has 1 rings (SSSR count). The molecule has 0 saturated carbocycles. The summed E-state index contributed by atoms with van der Waals surface area (Å²) in [5.74, 6) is 0.799. The van der Waals surface area contributed by atoms with Crippen LogP contribution in [0.25, 0.3) is 0 Å². The van der Waals surface area contributed by atoms with Gasteiger partial charge in [0.1, 0.15) is 4.21 Å². The summed E-state index contributed by atoms with van der Waals surface area (Å²) in [7, 11) is 3.93. The minimum absolute atomic E-state index is 0.106. The molecule has 1 heterocycles. The SMILES string of the molecule is CC(O)c1cc([N+](=O)[O-])c(SCCN(C)C)s1. The normalized spacial score (nSPS) is 13.0. The number of aliphatic hydroxyl groups is 1. The highest BCUT2D eigenvalue weighted by atomic mass is 32.2. The summed E-state index contributed by atoms with van der Waals surface area (Å²) in [6.45, 7) is 2.48. The predicted molar refractivity (Wildman–Crippen MR) is 70.9 cm³/mol. The lowest BCUT2D eigenvalue weighted by Crippen LogP contribution is -2.14. The Morgan fingerprint density at radius 2 is 2.29 bits per heavy atom. The Balaban J connectivity index is 2.78. The first-order valence-electron chi connectivity index (χ1n) is 5.15. The highest BCUT2D eigenvalue weighted by Gasteiger charge is 2.21. The molecule has 0 amide bonds. The van der Waals surface area contributed by atoms with Gasteiger partial charge in [0.2, 0.25) is 0 Å². The van der Waals surface area contributed by atoms with Crippen LogP contribution in [-0.4, -0.2) is 41.3 Å². The van der Waals surface area contributed by atoms with Gasteiger partial charge in [0.15, 0.2) is 0 Å². The Morgan fingerprint density at radius 1 is 1.65 bits per heavy atom. The Labute approximate surface area is 109 Å². The van der Waals surface area contributed by atoms with Crippen molar-refractivity contribution in [2.45, 2.75) is 17.2 Å². The van der Waals surface area contributed by atoms with Crippen LogP contribution in [-0.2, 0) is 0 Å². The summed E-state index contributed by atoms with van der Waals surface area (Å²) < 4.78 is 0.674. The fourth-order valence-electron chi connectivity index (χ4n) is 1.14. The maximum Gasteiger partial charge on any atom is 0.294 e. The summed E-state index contributed by atoms with van der Waals surface area (Å²) >= 11 is 2.77. The molecule has 0 fully saturated rings. The van der Waals surface area contributed by atoms with Gasteiger partial charge in [0.25, 0.3) is 5.69 Å². The number of aliphatic hydroxyl groups excluding tert-OH is 1. The van der Waals surface area contributed by atoms with E-state index in [4.69, 9.17) is 0 Å². The second kappa shape index (κ2) is 6.34. The molecule has 96 valence electrons. The lowest BCUT2D eigenvalue weighted by molar-refractivity contribution is -0.387. The summed E-state index contributed by atoms with van der Waals surface area (Å²) in [6, 6.07) is 1.47. The van der Waals surface area contributed by atoms with E-state index in [-0.39, 0.29) is 10.6 Å². The van der Waals surface area contributed by atoms with Crippen LogP contribution in [0.3, 0.4) is 0 Å². The van der Waals surface area contributed by atoms with E-state index in [2.05, 4.69) is 0 Å². The number of thioether (sulfide) groups is 1. The van der Waals surface area contributed by atoms with E-state index in [9.17, 15) is 15.2 Å². The summed E-state index contributed by atoms with van der Waals surface area (Å²) in [5.41, 5.74) is 0.106. The lowest BCUT2D eigenvalue weighted by atomic mass is 10.3. The van der Waals surface area contributed by atoms with Gasteiger partial charge in [-0.3, -0.25) is 10.1 Å². The Kier molecular flexibility index (Phi) is 5.38. The van der Waals surface area contributed by atoms with Crippen molar-refractivity contribution in [1.82, 2.24) is 4.90 Å². The molecule has 0 spiro atoms. The summed E-state index contributed by atoms with van der Waals surface area (Å²) in [6.07, 6.45) is -0.651. The van der Waals surface area contributed by atoms with Gasteiger partial charge in [-0.25, -0.2) is 0 Å². The molecule has 0 aromatic carbocycles. The zero-order chi connectivity index (χ0) is 13.0. The van der Waals surface area contributed by atoms with E-state index in [0.29, 0.717) is 9.09 Å². The molecule has 1 aromatic heterocycles. The number of nitrogens with zero attached hydrogens (tertiary/aromatic N) is 2. The molecule has 0 bridgehead atoms. The van der Waals surface area contributed by atoms with Crippen molar-refractivity contribution in [2.75, 3.05) is 26.4 Å². The topological polar surface area (TPSA) is 66.6 Å². The van der Waals surface area contributed by atoms with Crippen LogP contribution in [0, 0.1) is 10.1 Å². The van der Waals surface area contributed by atoms with Crippen molar-refractivity contribution in [2.24, 2.45) is 0 Å². The monoisotopic (exact) mass is 276 g/mol. The first-order valence-corrected chi connectivity index (χ1v) is 6.95. The fraction of sp³-hybridized carbons (Fsp3) is 0.600. The molecule has 0 aliphatic rings. The molecular weight excluding hydrogens is 260 g/mol. The van der Waals surface area contributed by atoms with E-state index in [1.165, 1.54) is 29.2 Å². The van der Waals surface area contributed by atoms with E-state index < -0.39 is 6.10 Å². The molecule has 0 aliphatic heterocycles. The molecule has 1 N–H and O–H groups in total. The third-order valence-corrected chi connectivity index (χ3v) is 4.63. The number of rotatable bonds is 6. The van der Waals surface area contributed by atoms with E-state index >= 15 is 0 Å². The number of hydrogen-bond acceptors (Lipinski definition) is 6. The van der Waals surface area contributed by atoms with Crippen LogP contribution in [0.15, 0.2) is 10.3 Å². The van der Waals surface area contributed by atoms with Crippen LogP contribution in [0.2, 0.25) is 0 Å². The van der Waals surface area contributed by atoms with E-state index in [1.807, 2.05) is 19.0 Å². The number of hydrogen-bond donors (Lipinski definition) is 1. The van der Waals surface area contributed by atoms with Crippen LogP contribution < -0.4 is 0 Å². The van der Waals surface area contributed by atoms with Gasteiger partial charge in [-0.05, 0) is 21.0 Å². The zero-order valence-electron chi connectivity index (χ0n) is 10.0. The molecule has 0 radical (unpaired) electrons. The third-order valence-electron chi connectivity index (χ3n) is 2.08. The van der Waals surface area contributed by atoms with Crippen molar-refractivity contribution < 1.29 is 10.0 Å². The molecule has 0 saturated heterocycles. The van der Waals surface area contributed by atoms with Gasteiger partial charge in [-0.15, -0.1) is 23.1 Å². The van der Waals surface area contributed by atoms with Crippen molar-refractivity contribution in [3.05, 3.63) is 21.1 Å². The second-order valence-electron chi connectivity index (χ2n) is 3.91. The summed E-state index contributed by atoms with van der Waals surface area (Å²) in [5, 5.41) is 20.3. The molecular formula is C10H16N2O3S2. The molecule has 5 nitrogen and oxygen atoms in total. The van der Waals surface area contributed by atoms with Gasteiger partial charge in [0.05, 0.1) is 11.0 Å². The van der Waals surface area contributed by atoms with Crippen molar-refractivity contribution in [3.8, 4) is 0 Å². The van der Waals surface area contributed by atoms with Gasteiger partial charge in [-0.1, -0.05) is 0 Å². The average molecular weight is 276 g/mol. The van der Waals surface area contributed by atoms with Crippen LogP contribution in [0.5, 0.6) is 0 Å². The quantitative estimate of drug-likeness (QED) is 0.491. The van der Waals surface area contributed by atoms with Crippen LogP contribution in [0.4, 0.5) is 5.69 Å². The smallest absolute Gasteiger partial charge is 0.294 e. The van der Waals surface area contributed by atoms with Gasteiger partial charge in [-0.2, -0.15) is 0 Å². The van der Waals surface area contributed by atoms with Crippen molar-refractivity contribution in [3.63, 3.8) is 0 Å². The average Bonchev–Trinajstić information content (AvgIpc) is 2.61. The Hall–Kier alpha value is -0.630. The van der Waals surface area contributed by atoms with Crippen molar-refractivity contribution in [1.29, 1.82) is 0 Å². The van der Waals surface area contributed by atoms with Gasteiger partial charge >= 0.3 is 0 Å². The highest BCUT2D eigenvalue weighted by molar-refractivity contribution is 8.01. The van der Waals surface area contributed by atoms with Crippen molar-refractivity contribution >= 4 is 28.8 Å². The molecule has 0 aliphatic carbocycles. The number of thiophene rings is 1. The lowest BCUT2D eigenvalue weighted by Gasteiger charge is -2.07. The van der Waals surface area contributed by atoms with Crippen LogP contribution >= 0.6 is 23.1 Å². The molecule has 7 heteroatoms. The molecule has 1 atom stereocenters. The maximum atomic E-state index is 10.9. The largest absolute Gasteiger partial charge is 0.388 e. The Bertz CT molecular complexity index is 391. The first kappa shape index (κ1) is 14.4. The number of nitro groups is 1. The predicted octanol–water partition coefficient (Wildman–Crippen LogP) is 2.36. The van der Waals surface area contributed by atoms with E-state index in [0.717, 1.165) is 12.3 Å². The maximum absolute atomic E-state index is 10.9. The third kappa shape index (κ3) is 4.27. The Morgan fingerprint density at radius 3 is 2.76 bits per heavy atom. The minimum atomic E-state index is -0.651. The van der Waals surface area contributed by atoms with Gasteiger partial charge < -0.3 is 10.0 Å². The second-order valence-corrected chi connectivity index (χ2v) is 6.35. The highest BCUT2D eigenvalue weighted by Crippen LogP contribution is 2.39. The standard InChI is InChI=1S/C10H16N2O3S2/c1-7(13)9-6-8(12(14)15)10(17-9)16-5-4-11(2)3/h6-7,13H,4-5H2,1-3H3. The molecule has 17 heavy (non-hydrogen) atoms. The van der Waals surface area contributed by atoms with Gasteiger partial charge in [0, 0.05) is 23.2 Å². The summed E-state index contributed by atoms with van der Waals surface area (Å²) in [4.78, 5) is 13.1.